The van der Waals surface area contributed by atoms with Crippen molar-refractivity contribution in [1.82, 2.24) is 4.98 Å². The Balaban J connectivity index is 0.00000144. The number of benzene rings is 1. The first-order valence-electron chi connectivity index (χ1n) is 4.90. The van der Waals surface area contributed by atoms with Gasteiger partial charge in [-0.25, -0.2) is 4.98 Å². The second-order valence-electron chi connectivity index (χ2n) is 3.42. The summed E-state index contributed by atoms with van der Waals surface area (Å²) in [4.78, 5) is 15.0. The molecular formula is C12H10NNaO2S. The van der Waals surface area contributed by atoms with Crippen molar-refractivity contribution < 1.29 is 39.5 Å². The van der Waals surface area contributed by atoms with Crippen LogP contribution in [0, 0.1) is 0 Å². The van der Waals surface area contributed by atoms with Gasteiger partial charge >= 0.3 is 29.6 Å². The maximum atomic E-state index is 10.6. The maximum absolute atomic E-state index is 10.6. The monoisotopic (exact) mass is 255 g/mol. The summed E-state index contributed by atoms with van der Waals surface area (Å²) in [5, 5.41) is 11.8. The van der Waals surface area contributed by atoms with E-state index in [-0.39, 0.29) is 29.6 Å². The van der Waals surface area contributed by atoms with Crippen LogP contribution >= 0.6 is 11.8 Å². The number of hydrogen-bond donors (Lipinski definition) is 0. The number of carbonyl (C=O) groups excluding carboxylic acids is 1. The molecular weight excluding hydrogens is 245 g/mol. The normalized spacial score (nSPS) is 11.8. The summed E-state index contributed by atoms with van der Waals surface area (Å²) >= 11 is 1.19. The Morgan fingerprint density at radius 2 is 2.00 bits per heavy atom. The zero-order valence-electron chi connectivity index (χ0n) is 9.71. The minimum absolute atomic E-state index is 0. The quantitative estimate of drug-likeness (QED) is 0.493. The molecule has 3 nitrogen and oxygen atoms in total. The van der Waals surface area contributed by atoms with Crippen molar-refractivity contribution in [1.29, 1.82) is 0 Å². The van der Waals surface area contributed by atoms with Crippen molar-refractivity contribution in [3.05, 3.63) is 36.4 Å². The van der Waals surface area contributed by atoms with Crippen molar-refractivity contribution in [3.8, 4) is 0 Å². The second kappa shape index (κ2) is 6.40. The Morgan fingerprint density at radius 3 is 2.71 bits per heavy atom. The SMILES string of the molecule is CC(Sc1ccc2ccccc2n1)C(=O)[O-].[Na+]. The molecule has 2 rings (SSSR count). The maximum Gasteiger partial charge on any atom is 1.00 e. The summed E-state index contributed by atoms with van der Waals surface area (Å²) in [7, 11) is 0. The standard InChI is InChI=1S/C12H11NO2S.Na/c1-8(12(14)15)16-11-7-6-9-4-2-3-5-10(9)13-11;/h2-8H,1H3,(H,14,15);/q;+1/p-1. The van der Waals surface area contributed by atoms with Crippen LogP contribution in [0.3, 0.4) is 0 Å². The average Bonchev–Trinajstić information content (AvgIpc) is 2.28. The van der Waals surface area contributed by atoms with E-state index in [2.05, 4.69) is 4.98 Å². The molecule has 0 aliphatic carbocycles. The van der Waals surface area contributed by atoms with E-state index in [4.69, 9.17) is 0 Å². The van der Waals surface area contributed by atoms with Crippen LogP contribution < -0.4 is 34.7 Å². The predicted octanol–water partition coefficient (Wildman–Crippen LogP) is -1.53. The first-order valence-corrected chi connectivity index (χ1v) is 5.78. The molecule has 0 saturated heterocycles. The van der Waals surface area contributed by atoms with Gasteiger partial charge in [0.15, 0.2) is 0 Å². The first kappa shape index (κ1) is 14.5. The Labute approximate surface area is 126 Å². The zero-order valence-corrected chi connectivity index (χ0v) is 12.5. The van der Waals surface area contributed by atoms with Gasteiger partial charge in [-0.2, -0.15) is 0 Å². The van der Waals surface area contributed by atoms with E-state index in [1.807, 2.05) is 36.4 Å². The van der Waals surface area contributed by atoms with Gasteiger partial charge < -0.3 is 9.90 Å². The third-order valence-corrected chi connectivity index (χ3v) is 3.22. The molecule has 1 aromatic carbocycles. The minimum Gasteiger partial charge on any atom is -0.549 e. The zero-order chi connectivity index (χ0) is 11.5. The summed E-state index contributed by atoms with van der Waals surface area (Å²) in [6.45, 7) is 1.59. The van der Waals surface area contributed by atoms with Crippen LogP contribution in [0.25, 0.3) is 10.9 Å². The van der Waals surface area contributed by atoms with Gasteiger partial charge in [0.05, 0.1) is 16.5 Å². The molecule has 1 aromatic heterocycles. The molecule has 1 atom stereocenters. The van der Waals surface area contributed by atoms with Gasteiger partial charge in [-0.1, -0.05) is 36.0 Å². The van der Waals surface area contributed by atoms with Crippen molar-refractivity contribution in [2.24, 2.45) is 0 Å². The van der Waals surface area contributed by atoms with Gasteiger partial charge in [-0.3, -0.25) is 0 Å². The molecule has 0 aliphatic rings. The summed E-state index contributed by atoms with van der Waals surface area (Å²) in [5.41, 5.74) is 0.873. The van der Waals surface area contributed by atoms with Gasteiger partial charge in [0.1, 0.15) is 0 Å². The van der Waals surface area contributed by atoms with Crippen molar-refractivity contribution in [2.75, 3.05) is 0 Å². The van der Waals surface area contributed by atoms with Gasteiger partial charge in [-0.15, -0.1) is 0 Å². The first-order chi connectivity index (χ1) is 7.66. The van der Waals surface area contributed by atoms with E-state index in [0.717, 1.165) is 10.9 Å². The smallest absolute Gasteiger partial charge is 0.549 e. The van der Waals surface area contributed by atoms with Crippen LogP contribution in [-0.2, 0) is 4.79 Å². The van der Waals surface area contributed by atoms with Crippen molar-refractivity contribution in [3.63, 3.8) is 0 Å². The van der Waals surface area contributed by atoms with Gasteiger partial charge in [0.25, 0.3) is 0 Å². The van der Waals surface area contributed by atoms with Gasteiger partial charge in [0.2, 0.25) is 0 Å². The fourth-order valence-corrected chi connectivity index (χ4v) is 2.10. The van der Waals surface area contributed by atoms with E-state index in [1.165, 1.54) is 11.8 Å². The number of hydrogen-bond acceptors (Lipinski definition) is 4. The Kier molecular flexibility index (Phi) is 5.46. The second-order valence-corrected chi connectivity index (χ2v) is 4.78. The molecule has 0 amide bonds. The van der Waals surface area contributed by atoms with Crippen LogP contribution in [0.1, 0.15) is 6.92 Å². The van der Waals surface area contributed by atoms with Crippen LogP contribution in [-0.4, -0.2) is 16.2 Å². The summed E-state index contributed by atoms with van der Waals surface area (Å²) in [6, 6.07) is 11.5. The number of para-hydroxylation sites is 1. The fraction of sp³-hybridized carbons (Fsp3) is 0.167. The number of aromatic nitrogens is 1. The van der Waals surface area contributed by atoms with Gasteiger partial charge in [-0.05, 0) is 19.1 Å². The minimum atomic E-state index is -1.07. The molecule has 5 heteroatoms. The largest absolute Gasteiger partial charge is 1.00 e. The van der Waals surface area contributed by atoms with E-state index >= 15 is 0 Å². The third-order valence-electron chi connectivity index (χ3n) is 2.20. The number of aliphatic carboxylic acids is 1. The van der Waals surface area contributed by atoms with Crippen LogP contribution in [0.5, 0.6) is 0 Å². The molecule has 1 unspecified atom stereocenters. The Morgan fingerprint density at radius 1 is 1.29 bits per heavy atom. The topological polar surface area (TPSA) is 53.0 Å². The van der Waals surface area contributed by atoms with E-state index in [0.29, 0.717) is 5.03 Å². The molecule has 2 aromatic rings. The van der Waals surface area contributed by atoms with Crippen molar-refractivity contribution in [2.45, 2.75) is 17.2 Å². The molecule has 0 saturated carbocycles. The number of carboxylic acid groups (broad SMARTS) is 1. The number of carbonyl (C=O) groups is 1. The van der Waals surface area contributed by atoms with E-state index in [9.17, 15) is 9.90 Å². The number of pyridine rings is 1. The van der Waals surface area contributed by atoms with Crippen LogP contribution in [0.15, 0.2) is 41.4 Å². The molecule has 17 heavy (non-hydrogen) atoms. The number of fused-ring (bicyclic) bond motifs is 1. The van der Waals surface area contributed by atoms with Crippen LogP contribution in [0.4, 0.5) is 0 Å². The van der Waals surface area contributed by atoms with Gasteiger partial charge in [0, 0.05) is 10.6 Å². The fourth-order valence-electron chi connectivity index (χ4n) is 1.34. The molecule has 0 N–H and O–H groups in total. The molecule has 82 valence electrons. The molecule has 1 heterocycles. The molecule has 0 spiro atoms. The Hall–Kier alpha value is -0.550. The van der Waals surface area contributed by atoms with E-state index < -0.39 is 11.2 Å². The number of thioether (sulfide) groups is 1. The number of carboxylic acids is 1. The third kappa shape index (κ3) is 3.71. The van der Waals surface area contributed by atoms with Crippen LogP contribution in [0.2, 0.25) is 0 Å². The molecule has 0 fully saturated rings. The summed E-state index contributed by atoms with van der Waals surface area (Å²) < 4.78 is 0. The Bertz CT molecular complexity index is 533. The molecule has 0 radical (unpaired) electrons. The summed E-state index contributed by atoms with van der Waals surface area (Å²) in [6.07, 6.45) is 0. The van der Waals surface area contributed by atoms with E-state index in [1.54, 1.807) is 6.92 Å². The summed E-state index contributed by atoms with van der Waals surface area (Å²) in [5.74, 6) is -1.07. The molecule has 0 bridgehead atoms. The number of rotatable bonds is 3. The predicted molar refractivity (Wildman–Crippen MR) is 62.1 cm³/mol. The molecule has 0 aliphatic heterocycles. The average molecular weight is 255 g/mol. The number of nitrogens with zero attached hydrogens (tertiary/aromatic N) is 1. The van der Waals surface area contributed by atoms with Crippen molar-refractivity contribution >= 4 is 28.6 Å².